The molecule has 9 heteroatoms. The van der Waals surface area contributed by atoms with E-state index in [9.17, 15) is 0 Å². The van der Waals surface area contributed by atoms with Crippen LogP contribution in [0.3, 0.4) is 0 Å². The number of rotatable bonds is 0. The van der Waals surface area contributed by atoms with Gasteiger partial charge in [0, 0.05) is 0 Å². The molecule has 0 unspecified atom stereocenters. The summed E-state index contributed by atoms with van der Waals surface area (Å²) in [6.07, 6.45) is 0. The fourth-order valence-electron chi connectivity index (χ4n) is 0. The zero-order valence-corrected chi connectivity index (χ0v) is 7.42. The van der Waals surface area contributed by atoms with Gasteiger partial charge in [-0.1, -0.05) is 0 Å². The molecule has 8 nitrogen and oxygen atoms in total. The summed E-state index contributed by atoms with van der Waals surface area (Å²) in [5.74, 6) is 0. The van der Waals surface area contributed by atoms with E-state index in [1.807, 2.05) is 0 Å². The van der Waals surface area contributed by atoms with Gasteiger partial charge < -0.3 is 27.4 Å². The van der Waals surface area contributed by atoms with E-state index in [0.717, 1.165) is 0 Å². The Bertz CT molecular complexity index is 53.0. The fraction of sp³-hybridized carbons (Fsp3) is 0. The molecule has 0 aromatic rings. The first-order valence-corrected chi connectivity index (χ1v) is 4.63. The summed E-state index contributed by atoms with van der Waals surface area (Å²) in [5.41, 5.74) is 0. The molecule has 0 rings (SSSR count). The first kappa shape index (κ1) is 62.1. The zero-order chi connectivity index (χ0) is 3.58. The van der Waals surface area contributed by atoms with Crippen molar-refractivity contribution in [1.82, 2.24) is 0 Å². The van der Waals surface area contributed by atoms with Crippen molar-refractivity contribution in [2.24, 2.45) is 0 Å². The second-order valence-electron chi connectivity index (χ2n) is 0.238. The van der Waals surface area contributed by atoms with Crippen LogP contribution in [0.4, 0.5) is 0 Å². The molecule has 9 heavy (non-hydrogen) atoms. The SMILES string of the molecule is O.O.O.O.O.[O]=[Ta](=[O])[OH]. The van der Waals surface area contributed by atoms with Crippen molar-refractivity contribution in [3.05, 3.63) is 0 Å². The Morgan fingerprint density at radius 2 is 0.778 bits per heavy atom. The fourth-order valence-corrected chi connectivity index (χ4v) is 0. The molecular formula is H11O8Ta. The van der Waals surface area contributed by atoms with Gasteiger partial charge in [0.1, 0.15) is 0 Å². The van der Waals surface area contributed by atoms with E-state index < -0.39 is 18.8 Å². The van der Waals surface area contributed by atoms with Gasteiger partial charge in [-0.05, 0) is 0 Å². The van der Waals surface area contributed by atoms with Crippen LogP contribution < -0.4 is 0 Å². The van der Waals surface area contributed by atoms with Crippen molar-refractivity contribution in [2.45, 2.75) is 0 Å². The molecule has 0 aliphatic heterocycles. The van der Waals surface area contributed by atoms with Gasteiger partial charge in [-0.25, -0.2) is 0 Å². The van der Waals surface area contributed by atoms with Gasteiger partial charge in [-0.15, -0.1) is 0 Å². The molecule has 0 aliphatic carbocycles. The molecule has 0 fully saturated rings. The predicted octanol–water partition coefficient (Wildman–Crippen LogP) is -4.92. The van der Waals surface area contributed by atoms with Crippen LogP contribution in [0.15, 0.2) is 0 Å². The Balaban J connectivity index is -0.00000000450. The Morgan fingerprint density at radius 1 is 0.778 bits per heavy atom. The minimum atomic E-state index is -4.09. The van der Waals surface area contributed by atoms with Crippen molar-refractivity contribution in [1.29, 1.82) is 0 Å². The molecule has 0 saturated heterocycles. The Labute approximate surface area is 56.9 Å². The van der Waals surface area contributed by atoms with E-state index in [2.05, 4.69) is 0 Å². The van der Waals surface area contributed by atoms with Gasteiger partial charge in [0.15, 0.2) is 0 Å². The first-order valence-electron chi connectivity index (χ1n) is 0.565. The molecule has 0 atom stereocenters. The summed E-state index contributed by atoms with van der Waals surface area (Å²) in [6.45, 7) is 0. The van der Waals surface area contributed by atoms with E-state index in [1.54, 1.807) is 0 Å². The molecule has 64 valence electrons. The van der Waals surface area contributed by atoms with Crippen LogP contribution in [-0.2, 0) is 25.3 Å². The molecule has 0 heterocycles. The number of hydrogen-bond acceptors (Lipinski definition) is 2. The normalized spacial score (nSPS) is 2.78. The van der Waals surface area contributed by atoms with Crippen LogP contribution in [0.2, 0.25) is 0 Å². The Morgan fingerprint density at radius 3 is 0.778 bits per heavy atom. The standard InChI is InChI=1S/6H2O.2O.Ta/h6*1H2;;;/q;;;;;;;;+1/p-1. The third-order valence-electron chi connectivity index (χ3n) is 0. The second-order valence-corrected chi connectivity index (χ2v) is 1.95. The van der Waals surface area contributed by atoms with Gasteiger partial charge in [-0.2, -0.15) is 0 Å². The molecule has 0 radical (unpaired) electrons. The molecule has 0 aromatic carbocycles. The monoisotopic (exact) mass is 320 g/mol. The summed E-state index contributed by atoms with van der Waals surface area (Å²) in [5, 5.41) is 0. The van der Waals surface area contributed by atoms with Crippen molar-refractivity contribution in [3.8, 4) is 0 Å². The van der Waals surface area contributed by atoms with Gasteiger partial charge >= 0.3 is 28.9 Å². The van der Waals surface area contributed by atoms with Crippen molar-refractivity contribution >= 4 is 0 Å². The molecule has 11 N–H and O–H groups in total. The van der Waals surface area contributed by atoms with E-state index in [0.29, 0.717) is 0 Å². The average Bonchev–Trinajstić information content (AvgIpc) is 0.811. The van der Waals surface area contributed by atoms with Crippen LogP contribution in [0.5, 0.6) is 0 Å². The van der Waals surface area contributed by atoms with Crippen molar-refractivity contribution in [3.63, 3.8) is 0 Å². The van der Waals surface area contributed by atoms with E-state index >= 15 is 0 Å². The molecule has 0 saturated carbocycles. The second kappa shape index (κ2) is 42.5. The maximum atomic E-state index is 8.73. The first-order chi connectivity index (χ1) is 1.73. The van der Waals surface area contributed by atoms with Crippen LogP contribution in [0.25, 0.3) is 0 Å². The van der Waals surface area contributed by atoms with E-state index in [-0.39, 0.29) is 27.4 Å². The van der Waals surface area contributed by atoms with Crippen LogP contribution in [-0.4, -0.2) is 31.0 Å². The average molecular weight is 320 g/mol. The third kappa shape index (κ3) is 30000. The van der Waals surface area contributed by atoms with Gasteiger partial charge in [0.05, 0.1) is 0 Å². The molecule has 0 amide bonds. The quantitative estimate of drug-likeness (QED) is 0.465. The van der Waals surface area contributed by atoms with Gasteiger partial charge in [0.2, 0.25) is 0 Å². The zero-order valence-electron chi connectivity index (χ0n) is 4.21. The molecule has 0 bridgehead atoms. The minimum absolute atomic E-state index is 0. The van der Waals surface area contributed by atoms with Gasteiger partial charge in [-0.3, -0.25) is 0 Å². The van der Waals surface area contributed by atoms with Crippen molar-refractivity contribution in [2.75, 3.05) is 0 Å². The van der Waals surface area contributed by atoms with Crippen LogP contribution in [0, 0.1) is 0 Å². The number of hydrogen-bond donors (Lipinski definition) is 1. The van der Waals surface area contributed by atoms with Crippen molar-refractivity contribution < 1.29 is 56.3 Å². The molecular weight excluding hydrogens is 309 g/mol. The summed E-state index contributed by atoms with van der Waals surface area (Å²) >= 11 is -4.09. The van der Waals surface area contributed by atoms with Crippen LogP contribution >= 0.6 is 0 Å². The van der Waals surface area contributed by atoms with E-state index in [1.165, 1.54) is 0 Å². The maximum absolute atomic E-state index is 8.73. The summed E-state index contributed by atoms with van der Waals surface area (Å²) in [6, 6.07) is 0. The summed E-state index contributed by atoms with van der Waals surface area (Å²) < 4.78 is 24.6. The van der Waals surface area contributed by atoms with Gasteiger partial charge in [0.25, 0.3) is 0 Å². The Hall–Kier alpha value is 0.100. The molecule has 0 aromatic heterocycles. The molecule has 0 spiro atoms. The summed E-state index contributed by atoms with van der Waals surface area (Å²) in [4.78, 5) is 0. The summed E-state index contributed by atoms with van der Waals surface area (Å²) in [7, 11) is 0. The van der Waals surface area contributed by atoms with E-state index in [4.69, 9.17) is 10.1 Å². The van der Waals surface area contributed by atoms with Crippen LogP contribution in [0.1, 0.15) is 0 Å². The topological polar surface area (TPSA) is 212 Å². The third-order valence-corrected chi connectivity index (χ3v) is 0. The Kier molecular flexibility index (Phi) is 293. The predicted molar refractivity (Wildman–Crippen MR) is 21.7 cm³/mol. The molecule has 0 aliphatic rings.